The molecule has 2 rings (SSSR count). The van der Waals surface area contributed by atoms with Crippen molar-refractivity contribution in [2.45, 2.75) is 32.1 Å². The fraction of sp³-hybridized carbons (Fsp3) is 0.278. The van der Waals surface area contributed by atoms with Crippen molar-refractivity contribution < 1.29 is 17.4 Å². The molecule has 0 radical (unpaired) electrons. The first-order valence-corrected chi connectivity index (χ1v) is 9.20. The summed E-state index contributed by atoms with van der Waals surface area (Å²) in [6.45, 7) is 6.17. The van der Waals surface area contributed by atoms with E-state index in [0.29, 0.717) is 24.2 Å². The molecular formula is C18H21NO4S. The minimum absolute atomic E-state index is 0.0149. The summed E-state index contributed by atoms with van der Waals surface area (Å²) in [5.74, 6) is 0.151. The van der Waals surface area contributed by atoms with Crippen molar-refractivity contribution in [1.82, 2.24) is 0 Å². The van der Waals surface area contributed by atoms with Crippen LogP contribution in [0.1, 0.15) is 36.2 Å². The lowest BCUT2D eigenvalue weighted by molar-refractivity contribution is 0.0989. The standard InChI is InChI=1S/C18H21NO4S/c1-4-18(20)16-11-8-14(12-17(16)19-5-2)23-24(21,22)15-9-6-13(3)7-10-15/h6-12,19H,4-5H2,1-3H3. The summed E-state index contributed by atoms with van der Waals surface area (Å²) in [7, 11) is -3.91. The zero-order valence-corrected chi connectivity index (χ0v) is 14.8. The molecule has 0 fully saturated rings. The summed E-state index contributed by atoms with van der Waals surface area (Å²) in [6.07, 6.45) is 0.375. The van der Waals surface area contributed by atoms with Gasteiger partial charge in [-0.1, -0.05) is 24.6 Å². The second-order valence-corrected chi connectivity index (χ2v) is 6.91. The Kier molecular flexibility index (Phi) is 5.62. The minimum atomic E-state index is -3.91. The Bertz CT molecular complexity index is 827. The zero-order chi connectivity index (χ0) is 17.7. The number of carbonyl (C=O) groups excluding carboxylic acids is 1. The van der Waals surface area contributed by atoms with Gasteiger partial charge >= 0.3 is 10.1 Å². The third-order valence-corrected chi connectivity index (χ3v) is 4.76. The fourth-order valence-corrected chi connectivity index (χ4v) is 3.15. The van der Waals surface area contributed by atoms with Gasteiger partial charge in [0.15, 0.2) is 5.78 Å². The lowest BCUT2D eigenvalue weighted by Crippen LogP contribution is -2.11. The van der Waals surface area contributed by atoms with Crippen LogP contribution in [0.4, 0.5) is 5.69 Å². The van der Waals surface area contributed by atoms with Crippen LogP contribution in [0.15, 0.2) is 47.4 Å². The van der Waals surface area contributed by atoms with Crippen LogP contribution in [0.2, 0.25) is 0 Å². The van der Waals surface area contributed by atoms with Crippen molar-refractivity contribution in [3.63, 3.8) is 0 Å². The van der Waals surface area contributed by atoms with Crippen molar-refractivity contribution in [3.05, 3.63) is 53.6 Å². The number of Topliss-reactive ketones (excluding diaryl/α,β-unsaturated/α-hetero) is 1. The predicted molar refractivity (Wildman–Crippen MR) is 94.2 cm³/mol. The third kappa shape index (κ3) is 4.14. The van der Waals surface area contributed by atoms with E-state index in [-0.39, 0.29) is 16.4 Å². The van der Waals surface area contributed by atoms with Crippen LogP contribution in [0, 0.1) is 6.92 Å². The zero-order valence-electron chi connectivity index (χ0n) is 14.0. The summed E-state index contributed by atoms with van der Waals surface area (Å²) in [4.78, 5) is 12.0. The molecule has 0 unspecified atom stereocenters. The van der Waals surface area contributed by atoms with Crippen molar-refractivity contribution in [2.24, 2.45) is 0 Å². The Morgan fingerprint density at radius 1 is 1.08 bits per heavy atom. The number of hydrogen-bond acceptors (Lipinski definition) is 5. The first-order valence-electron chi connectivity index (χ1n) is 7.79. The summed E-state index contributed by atoms with van der Waals surface area (Å²) in [6, 6.07) is 11.1. The van der Waals surface area contributed by atoms with Gasteiger partial charge in [-0.2, -0.15) is 8.42 Å². The molecule has 2 aromatic carbocycles. The van der Waals surface area contributed by atoms with Gasteiger partial charge in [0.25, 0.3) is 0 Å². The second-order valence-electron chi connectivity index (χ2n) is 5.36. The van der Waals surface area contributed by atoms with E-state index in [2.05, 4.69) is 5.32 Å². The van der Waals surface area contributed by atoms with E-state index in [9.17, 15) is 13.2 Å². The maximum absolute atomic E-state index is 12.3. The quantitative estimate of drug-likeness (QED) is 0.609. The molecule has 0 aliphatic carbocycles. The summed E-state index contributed by atoms with van der Waals surface area (Å²) >= 11 is 0. The maximum atomic E-state index is 12.3. The van der Waals surface area contributed by atoms with E-state index in [4.69, 9.17) is 4.18 Å². The first-order chi connectivity index (χ1) is 11.4. The van der Waals surface area contributed by atoms with Gasteiger partial charge in [-0.25, -0.2) is 0 Å². The molecule has 0 aliphatic heterocycles. The molecule has 5 nitrogen and oxygen atoms in total. The number of nitrogens with one attached hydrogen (secondary N) is 1. The minimum Gasteiger partial charge on any atom is -0.385 e. The van der Waals surface area contributed by atoms with Crippen LogP contribution in [0.25, 0.3) is 0 Å². The Balaban J connectivity index is 2.33. The molecular weight excluding hydrogens is 326 g/mol. The smallest absolute Gasteiger partial charge is 0.339 e. The summed E-state index contributed by atoms with van der Waals surface area (Å²) in [5, 5.41) is 3.07. The number of aryl methyl sites for hydroxylation is 1. The topological polar surface area (TPSA) is 72.5 Å². The van der Waals surface area contributed by atoms with Crippen LogP contribution < -0.4 is 9.50 Å². The molecule has 0 spiro atoms. The van der Waals surface area contributed by atoms with E-state index in [1.165, 1.54) is 24.3 Å². The molecule has 0 saturated carbocycles. The van der Waals surface area contributed by atoms with Gasteiger partial charge in [0.1, 0.15) is 10.6 Å². The molecule has 0 bridgehead atoms. The molecule has 0 atom stereocenters. The highest BCUT2D eigenvalue weighted by atomic mass is 32.2. The SMILES string of the molecule is CCNc1cc(OS(=O)(=O)c2ccc(C)cc2)ccc1C(=O)CC. The average Bonchev–Trinajstić information content (AvgIpc) is 2.55. The van der Waals surface area contributed by atoms with E-state index >= 15 is 0 Å². The van der Waals surface area contributed by atoms with Crippen molar-refractivity contribution >= 4 is 21.6 Å². The molecule has 6 heteroatoms. The van der Waals surface area contributed by atoms with Crippen LogP contribution in [-0.2, 0) is 10.1 Å². The Hall–Kier alpha value is -2.34. The van der Waals surface area contributed by atoms with Gasteiger partial charge in [-0.05, 0) is 38.1 Å². The van der Waals surface area contributed by atoms with Gasteiger partial charge < -0.3 is 9.50 Å². The highest BCUT2D eigenvalue weighted by Gasteiger charge is 2.18. The number of hydrogen-bond donors (Lipinski definition) is 1. The number of carbonyl (C=O) groups is 1. The summed E-state index contributed by atoms with van der Waals surface area (Å²) < 4.78 is 29.9. The van der Waals surface area contributed by atoms with Crippen molar-refractivity contribution in [1.29, 1.82) is 0 Å². The number of anilines is 1. The normalized spacial score (nSPS) is 11.1. The second kappa shape index (κ2) is 7.49. The Labute approximate surface area is 142 Å². The number of benzene rings is 2. The van der Waals surface area contributed by atoms with Crippen LogP contribution in [0.5, 0.6) is 5.75 Å². The molecule has 0 aliphatic rings. The maximum Gasteiger partial charge on any atom is 0.339 e. The number of ketones is 1. The lowest BCUT2D eigenvalue weighted by atomic mass is 10.1. The molecule has 2 aromatic rings. The van der Waals surface area contributed by atoms with Gasteiger partial charge in [-0.15, -0.1) is 0 Å². The van der Waals surface area contributed by atoms with Crippen molar-refractivity contribution in [2.75, 3.05) is 11.9 Å². The predicted octanol–water partition coefficient (Wildman–Crippen LogP) is 3.79. The van der Waals surface area contributed by atoms with Crippen LogP contribution >= 0.6 is 0 Å². The third-order valence-electron chi connectivity index (χ3n) is 3.50. The van der Waals surface area contributed by atoms with E-state index in [0.717, 1.165) is 5.56 Å². The molecule has 128 valence electrons. The molecule has 1 N–H and O–H groups in total. The van der Waals surface area contributed by atoms with E-state index in [1.807, 2.05) is 13.8 Å². The largest absolute Gasteiger partial charge is 0.385 e. The van der Waals surface area contributed by atoms with Crippen LogP contribution in [0.3, 0.4) is 0 Å². The molecule has 0 aromatic heterocycles. The Morgan fingerprint density at radius 2 is 1.75 bits per heavy atom. The van der Waals surface area contributed by atoms with Crippen LogP contribution in [-0.4, -0.2) is 20.7 Å². The average molecular weight is 347 g/mol. The van der Waals surface area contributed by atoms with Gasteiger partial charge in [0, 0.05) is 30.3 Å². The van der Waals surface area contributed by atoms with Crippen molar-refractivity contribution in [3.8, 4) is 5.75 Å². The highest BCUT2D eigenvalue weighted by molar-refractivity contribution is 7.87. The molecule has 0 saturated heterocycles. The first kappa shape index (κ1) is 18.0. The highest BCUT2D eigenvalue weighted by Crippen LogP contribution is 2.26. The summed E-state index contributed by atoms with van der Waals surface area (Å²) in [5.41, 5.74) is 2.06. The Morgan fingerprint density at radius 3 is 2.33 bits per heavy atom. The number of rotatable bonds is 7. The van der Waals surface area contributed by atoms with E-state index < -0.39 is 10.1 Å². The molecule has 24 heavy (non-hydrogen) atoms. The van der Waals surface area contributed by atoms with Gasteiger partial charge in [0.05, 0.1) is 0 Å². The lowest BCUT2D eigenvalue weighted by Gasteiger charge is -2.12. The monoisotopic (exact) mass is 347 g/mol. The van der Waals surface area contributed by atoms with E-state index in [1.54, 1.807) is 25.1 Å². The van der Waals surface area contributed by atoms with Gasteiger partial charge in [0.2, 0.25) is 0 Å². The molecule has 0 amide bonds. The fourth-order valence-electron chi connectivity index (χ4n) is 2.23. The van der Waals surface area contributed by atoms with Gasteiger partial charge in [-0.3, -0.25) is 4.79 Å². The molecule has 0 heterocycles.